The Morgan fingerprint density at radius 3 is 2.52 bits per heavy atom. The van der Waals surface area contributed by atoms with Crippen molar-refractivity contribution < 1.29 is 11.0 Å². The number of hydrogen-bond donors (Lipinski definition) is 1. The minimum absolute atomic E-state index is 0. The van der Waals surface area contributed by atoms with Crippen molar-refractivity contribution in [1.82, 2.24) is 29.1 Å². The summed E-state index contributed by atoms with van der Waals surface area (Å²) >= 11 is 1.57. The molecule has 0 aliphatic carbocycles. The highest BCUT2D eigenvalue weighted by Crippen LogP contribution is 2.46. The van der Waals surface area contributed by atoms with E-state index in [-0.39, 0.29) is 42.2 Å². The summed E-state index contributed by atoms with van der Waals surface area (Å²) < 4.78 is 3.67. The topological polar surface area (TPSA) is 96.2 Å². The number of nitrogens with one attached hydrogen (secondary N) is 1. The van der Waals surface area contributed by atoms with Crippen molar-refractivity contribution in [3.05, 3.63) is 83.0 Å². The average molecular weight is 589 g/mol. The van der Waals surface area contributed by atoms with Gasteiger partial charge in [-0.1, -0.05) is 51.1 Å². The van der Waals surface area contributed by atoms with Gasteiger partial charge in [0, 0.05) is 51.5 Å². The number of fused-ring (bicyclic) bond motifs is 1. The van der Waals surface area contributed by atoms with Crippen molar-refractivity contribution in [2.45, 2.75) is 63.1 Å². The van der Waals surface area contributed by atoms with Crippen molar-refractivity contribution in [3.63, 3.8) is 0 Å². The van der Waals surface area contributed by atoms with E-state index in [0.29, 0.717) is 32.5 Å². The molecular weight excluding hydrogens is 548 g/mol. The molecule has 2 amide bonds. The Hall–Kier alpha value is -3.79. The van der Waals surface area contributed by atoms with Gasteiger partial charge in [-0.05, 0) is 48.9 Å². The number of hydrogen-bond acceptors (Lipinski definition) is 5. The molecule has 1 N–H and O–H groups in total. The normalized spacial score (nSPS) is 20.1. The lowest BCUT2D eigenvalue weighted by molar-refractivity contribution is -0.136. The van der Waals surface area contributed by atoms with E-state index in [4.69, 9.17) is 0 Å². The molecule has 0 spiro atoms. The number of benzene rings is 2. The molecule has 6 rings (SSSR count). The van der Waals surface area contributed by atoms with Crippen LogP contribution < -0.4 is 5.69 Å². The number of para-hydroxylation sites is 3. The Labute approximate surface area is 251 Å². The van der Waals surface area contributed by atoms with E-state index in [1.807, 2.05) is 73.8 Å². The summed E-state index contributed by atoms with van der Waals surface area (Å²) in [5, 5.41) is 3.80. The van der Waals surface area contributed by atoms with E-state index in [1.165, 1.54) is 0 Å². The number of H-pyrrole nitrogens is 1. The van der Waals surface area contributed by atoms with E-state index in [1.54, 1.807) is 18.0 Å². The maximum atomic E-state index is 13.9. The third kappa shape index (κ3) is 5.64. The summed E-state index contributed by atoms with van der Waals surface area (Å²) in [5.41, 5.74) is 3.66. The molecule has 9 nitrogen and oxygen atoms in total. The van der Waals surface area contributed by atoms with E-state index in [2.05, 4.69) is 36.9 Å². The molecule has 42 heavy (non-hydrogen) atoms. The number of rotatable bonds is 7. The molecule has 2 aliphatic heterocycles. The number of piperidine rings is 1. The van der Waals surface area contributed by atoms with Crippen LogP contribution in [0.15, 0.2) is 71.8 Å². The predicted molar refractivity (Wildman–Crippen MR) is 168 cm³/mol. The van der Waals surface area contributed by atoms with Crippen LogP contribution in [0.25, 0.3) is 16.7 Å². The van der Waals surface area contributed by atoms with Crippen LogP contribution in [0.1, 0.15) is 64.9 Å². The first-order valence-electron chi connectivity index (χ1n) is 14.7. The highest BCUT2D eigenvalue weighted by atomic mass is 32.2. The molecule has 0 saturated carbocycles. The molecule has 2 aliphatic rings. The highest BCUT2D eigenvalue weighted by molar-refractivity contribution is 8.01. The Balaban J connectivity index is 0.00000368. The lowest BCUT2D eigenvalue weighted by Gasteiger charge is -2.33. The van der Waals surface area contributed by atoms with Crippen LogP contribution in [-0.2, 0) is 9.59 Å². The van der Waals surface area contributed by atoms with E-state index < -0.39 is 5.25 Å². The van der Waals surface area contributed by atoms with Gasteiger partial charge < -0.3 is 14.8 Å². The maximum absolute atomic E-state index is 13.9. The van der Waals surface area contributed by atoms with Crippen LogP contribution in [0.4, 0.5) is 0 Å². The Kier molecular flexibility index (Phi) is 7.74. The van der Waals surface area contributed by atoms with Gasteiger partial charge in [0.1, 0.15) is 5.37 Å². The number of carbonyl (C=O) groups is 2. The molecular formula is C32H40N6O3S. The fourth-order valence-corrected chi connectivity index (χ4v) is 7.57. The van der Waals surface area contributed by atoms with Crippen molar-refractivity contribution >= 4 is 34.6 Å². The van der Waals surface area contributed by atoms with Crippen molar-refractivity contribution in [2.24, 2.45) is 5.41 Å². The van der Waals surface area contributed by atoms with Gasteiger partial charge in [-0.2, -0.15) is 5.10 Å². The van der Waals surface area contributed by atoms with Crippen LogP contribution in [0.3, 0.4) is 0 Å². The Morgan fingerprint density at radius 1 is 1.05 bits per heavy atom. The zero-order chi connectivity index (χ0) is 29.4. The van der Waals surface area contributed by atoms with Gasteiger partial charge in [0.2, 0.25) is 11.8 Å². The average Bonchev–Trinajstić information content (AvgIpc) is 3.69. The number of aromatic amines is 1. The summed E-state index contributed by atoms with van der Waals surface area (Å²) in [6.07, 6.45) is 6.11. The van der Waals surface area contributed by atoms with Crippen molar-refractivity contribution in [3.8, 4) is 5.69 Å². The fourth-order valence-electron chi connectivity index (χ4n) is 6.06. The van der Waals surface area contributed by atoms with Gasteiger partial charge in [-0.25, -0.2) is 9.48 Å². The van der Waals surface area contributed by atoms with Gasteiger partial charge in [-0.15, -0.1) is 11.8 Å². The molecule has 0 bridgehead atoms. The van der Waals surface area contributed by atoms with Crippen LogP contribution in [0.5, 0.6) is 0 Å². The summed E-state index contributed by atoms with van der Waals surface area (Å²) in [6, 6.07) is 17.7. The van der Waals surface area contributed by atoms with E-state index >= 15 is 0 Å². The molecule has 0 radical (unpaired) electrons. The van der Waals surface area contributed by atoms with E-state index in [0.717, 1.165) is 28.7 Å². The maximum Gasteiger partial charge on any atom is 0.326 e. The molecule has 4 heterocycles. The minimum atomic E-state index is -0.442. The number of thioether (sulfide) groups is 1. The highest BCUT2D eigenvalue weighted by Gasteiger charge is 2.43. The van der Waals surface area contributed by atoms with E-state index in [9.17, 15) is 14.4 Å². The quantitative estimate of drug-likeness (QED) is 0.312. The molecule has 10 heteroatoms. The lowest BCUT2D eigenvalue weighted by atomic mass is 9.92. The zero-order valence-corrected chi connectivity index (χ0v) is 25.2. The monoisotopic (exact) mass is 588 g/mol. The Bertz CT molecular complexity index is 1630. The van der Waals surface area contributed by atoms with Gasteiger partial charge in [0.25, 0.3) is 0 Å². The van der Waals surface area contributed by atoms with Crippen LogP contribution >= 0.6 is 11.8 Å². The van der Waals surface area contributed by atoms with Crippen LogP contribution in [0.2, 0.25) is 0 Å². The van der Waals surface area contributed by atoms with Gasteiger partial charge in [0.15, 0.2) is 0 Å². The molecule has 2 saturated heterocycles. The summed E-state index contributed by atoms with van der Waals surface area (Å²) in [7, 11) is 0. The molecule has 4 aromatic rings. The first kappa shape index (κ1) is 28.3. The third-order valence-electron chi connectivity index (χ3n) is 8.36. The number of nitrogens with zero attached hydrogens (tertiary/aromatic N) is 5. The molecule has 2 unspecified atom stereocenters. The standard InChI is InChI=1S/C32H38N6O3S.H2/c1-32(2,3)15-20-36-29(40)27(42-30(36)23-9-4-6-11-25(23)37-17-8-16-33-37)21-28(39)35-18-13-22(14-19-35)38-26-12-7-5-10-24(26)34-31(38)41;/h4-12,16-17,22,27,30H,13-15,18-21H2,1-3H3,(H,34,41);1H. The second-order valence-corrected chi connectivity index (χ2v) is 13.7. The number of amides is 2. The van der Waals surface area contributed by atoms with Gasteiger partial charge in [0.05, 0.1) is 22.0 Å². The lowest BCUT2D eigenvalue weighted by Crippen LogP contribution is -2.42. The van der Waals surface area contributed by atoms with Crippen LogP contribution in [0, 0.1) is 5.41 Å². The van der Waals surface area contributed by atoms with Crippen LogP contribution in [-0.4, -0.2) is 65.8 Å². The third-order valence-corrected chi connectivity index (χ3v) is 9.82. The van der Waals surface area contributed by atoms with Gasteiger partial charge in [-0.3, -0.25) is 14.2 Å². The molecule has 2 atom stereocenters. The van der Waals surface area contributed by atoms with Crippen molar-refractivity contribution in [1.29, 1.82) is 0 Å². The summed E-state index contributed by atoms with van der Waals surface area (Å²) in [5.74, 6) is 0.0282. The SMILES string of the molecule is CC(C)(C)CCN1C(=O)C(CC(=O)N2CCC(n3c(=O)[nH]c4ccccc43)CC2)SC1c1ccccc1-n1cccn1.[HH]. The van der Waals surface area contributed by atoms with Gasteiger partial charge >= 0.3 is 5.69 Å². The number of aromatic nitrogens is 4. The molecule has 2 aromatic carbocycles. The second-order valence-electron chi connectivity index (χ2n) is 12.5. The zero-order valence-electron chi connectivity index (χ0n) is 24.4. The first-order chi connectivity index (χ1) is 20.2. The predicted octanol–water partition coefficient (Wildman–Crippen LogP) is 5.39. The molecule has 2 fully saturated rings. The molecule has 222 valence electrons. The second kappa shape index (κ2) is 11.5. The minimum Gasteiger partial charge on any atom is -0.342 e. The molecule has 2 aromatic heterocycles. The van der Waals surface area contributed by atoms with Crippen molar-refractivity contribution in [2.75, 3.05) is 19.6 Å². The number of likely N-dealkylation sites (tertiary alicyclic amines) is 1. The summed E-state index contributed by atoms with van der Waals surface area (Å²) in [6.45, 7) is 8.32. The largest absolute Gasteiger partial charge is 0.342 e. The fraction of sp³-hybridized carbons (Fsp3) is 0.438. The number of imidazole rings is 1. The summed E-state index contributed by atoms with van der Waals surface area (Å²) in [4.78, 5) is 46.9. The Morgan fingerprint density at radius 2 is 1.79 bits per heavy atom. The first-order valence-corrected chi connectivity index (χ1v) is 15.7. The smallest absolute Gasteiger partial charge is 0.326 e. The number of carbonyl (C=O) groups excluding carboxylic acids is 2.